The van der Waals surface area contributed by atoms with Gasteiger partial charge < -0.3 is 19.2 Å². The summed E-state index contributed by atoms with van der Waals surface area (Å²) in [5.41, 5.74) is -0.798. The van der Waals surface area contributed by atoms with Crippen LogP contribution in [0.1, 0.15) is 16.7 Å². The Morgan fingerprint density at radius 2 is 1.94 bits per heavy atom. The summed E-state index contributed by atoms with van der Waals surface area (Å²) in [5, 5.41) is 10.3. The van der Waals surface area contributed by atoms with Gasteiger partial charge in [0.2, 0.25) is 0 Å². The number of carbonyl (C=O) groups is 1. The molecule has 0 aliphatic rings. The molecule has 0 saturated carbocycles. The van der Waals surface area contributed by atoms with Gasteiger partial charge in [-0.2, -0.15) is 8.42 Å². The number of rotatable bonds is 7. The number of aliphatic hydroxyl groups excluding tert-OH is 1. The molecule has 1 heterocycles. The molecule has 0 saturated heterocycles. The first-order valence-corrected chi connectivity index (χ1v) is 11.1. The highest BCUT2D eigenvalue weighted by molar-refractivity contribution is 7.90. The summed E-state index contributed by atoms with van der Waals surface area (Å²) in [6.07, 6.45) is -0.882. The number of hydrogen-bond acceptors (Lipinski definition) is 7. The van der Waals surface area contributed by atoms with Gasteiger partial charge in [0.15, 0.2) is 5.82 Å². The lowest BCUT2D eigenvalue weighted by Gasteiger charge is -2.14. The maximum Gasteiger partial charge on any atom is 0.414 e. The largest absolute Gasteiger partial charge is 0.422 e. The van der Waals surface area contributed by atoms with E-state index in [1.54, 1.807) is 0 Å². The first-order chi connectivity index (χ1) is 15.6. The first-order valence-electron chi connectivity index (χ1n) is 9.63. The summed E-state index contributed by atoms with van der Waals surface area (Å²) >= 11 is 0. The molecule has 3 aromatic rings. The molecule has 12 heteroatoms. The van der Waals surface area contributed by atoms with Crippen molar-refractivity contribution in [3.63, 3.8) is 0 Å². The van der Waals surface area contributed by atoms with Gasteiger partial charge in [-0.25, -0.2) is 18.7 Å². The van der Waals surface area contributed by atoms with Gasteiger partial charge in [0.1, 0.15) is 11.3 Å². The maximum absolute atomic E-state index is 14.9. The number of fused-ring (bicyclic) bond motifs is 1. The van der Waals surface area contributed by atoms with Crippen LogP contribution in [0.15, 0.2) is 45.6 Å². The van der Waals surface area contributed by atoms with E-state index in [4.69, 9.17) is 9.15 Å². The van der Waals surface area contributed by atoms with Crippen LogP contribution in [-0.4, -0.2) is 45.7 Å². The highest BCUT2D eigenvalue weighted by atomic mass is 32.2. The van der Waals surface area contributed by atoms with Gasteiger partial charge in [-0.1, -0.05) is 12.1 Å². The Morgan fingerprint density at radius 1 is 1.21 bits per heavy atom. The molecule has 0 atom stereocenters. The van der Waals surface area contributed by atoms with Crippen LogP contribution in [0.3, 0.4) is 0 Å². The molecule has 3 N–H and O–H groups in total. The standard InChI is InChI=1S/C21H22FN3O7S/c1-23-33(29,30)24-17-6-4-5-12(19(17)22)9-15-16(11-26)14-8-7-13(31-21(28)25(2)3)10-18(14)32-20(15)27/h4-8,10,23-24,26H,9,11H2,1-3H3. The molecule has 1 amide bonds. The van der Waals surface area contributed by atoms with Crippen LogP contribution in [-0.2, 0) is 23.2 Å². The molecule has 0 fully saturated rings. The van der Waals surface area contributed by atoms with E-state index in [-0.39, 0.29) is 40.1 Å². The number of ether oxygens (including phenoxy) is 1. The van der Waals surface area contributed by atoms with Crippen LogP contribution in [0.5, 0.6) is 5.75 Å². The summed E-state index contributed by atoms with van der Waals surface area (Å²) in [4.78, 5) is 25.7. The molecular weight excluding hydrogens is 457 g/mol. The zero-order chi connectivity index (χ0) is 24.3. The monoisotopic (exact) mass is 479 g/mol. The normalized spacial score (nSPS) is 11.4. The molecule has 0 radical (unpaired) electrons. The number of nitrogens with one attached hydrogen (secondary N) is 2. The molecule has 0 unspecified atom stereocenters. The number of anilines is 1. The molecular formula is C21H22FN3O7S. The molecule has 2 aromatic carbocycles. The number of carbonyl (C=O) groups excluding carboxylic acids is 1. The summed E-state index contributed by atoms with van der Waals surface area (Å²) in [5.74, 6) is -0.734. The Kier molecular flexibility index (Phi) is 7.01. The summed E-state index contributed by atoms with van der Waals surface area (Å²) < 4.78 is 52.9. The van der Waals surface area contributed by atoms with Crippen molar-refractivity contribution in [2.24, 2.45) is 0 Å². The second-order valence-corrected chi connectivity index (χ2v) is 8.81. The molecule has 33 heavy (non-hydrogen) atoms. The third-order valence-electron chi connectivity index (χ3n) is 4.78. The highest BCUT2D eigenvalue weighted by Gasteiger charge is 2.19. The Balaban J connectivity index is 2.03. The smallest absolute Gasteiger partial charge is 0.414 e. The lowest BCUT2D eigenvalue weighted by atomic mass is 9.98. The fourth-order valence-electron chi connectivity index (χ4n) is 3.08. The fourth-order valence-corrected chi connectivity index (χ4v) is 3.63. The number of hydrogen-bond donors (Lipinski definition) is 3. The minimum absolute atomic E-state index is 0.00978. The third kappa shape index (κ3) is 5.30. The first kappa shape index (κ1) is 24.2. The van der Waals surface area contributed by atoms with Crippen molar-refractivity contribution in [2.45, 2.75) is 13.0 Å². The van der Waals surface area contributed by atoms with Crippen molar-refractivity contribution < 1.29 is 31.9 Å². The van der Waals surface area contributed by atoms with Crippen molar-refractivity contribution in [3.8, 4) is 5.75 Å². The van der Waals surface area contributed by atoms with Gasteiger partial charge in [-0.3, -0.25) is 4.72 Å². The molecule has 176 valence electrons. The zero-order valence-electron chi connectivity index (χ0n) is 18.0. The van der Waals surface area contributed by atoms with Crippen molar-refractivity contribution in [1.29, 1.82) is 0 Å². The maximum atomic E-state index is 14.9. The van der Waals surface area contributed by atoms with Crippen LogP contribution in [0.25, 0.3) is 11.0 Å². The number of amides is 1. The average molecular weight is 479 g/mol. The van der Waals surface area contributed by atoms with Crippen LogP contribution in [0, 0.1) is 5.82 Å². The van der Waals surface area contributed by atoms with Crippen molar-refractivity contribution in [2.75, 3.05) is 25.9 Å². The van der Waals surface area contributed by atoms with E-state index in [1.165, 1.54) is 62.4 Å². The Hall–Kier alpha value is -3.48. The van der Waals surface area contributed by atoms with Crippen LogP contribution >= 0.6 is 0 Å². The molecule has 0 aliphatic heterocycles. The van der Waals surface area contributed by atoms with Gasteiger partial charge >= 0.3 is 11.7 Å². The van der Waals surface area contributed by atoms with Crippen molar-refractivity contribution in [3.05, 3.63) is 69.3 Å². The van der Waals surface area contributed by atoms with E-state index in [2.05, 4.69) is 4.72 Å². The lowest BCUT2D eigenvalue weighted by Crippen LogP contribution is -2.27. The quantitative estimate of drug-likeness (QED) is 0.440. The molecule has 0 spiro atoms. The Labute approximate surface area is 188 Å². The molecule has 1 aromatic heterocycles. The summed E-state index contributed by atoms with van der Waals surface area (Å²) in [6, 6.07) is 8.38. The van der Waals surface area contributed by atoms with E-state index in [0.717, 1.165) is 0 Å². The zero-order valence-corrected chi connectivity index (χ0v) is 18.8. The van der Waals surface area contributed by atoms with Gasteiger partial charge in [0.25, 0.3) is 10.2 Å². The highest BCUT2D eigenvalue weighted by Crippen LogP contribution is 2.28. The summed E-state index contributed by atoms with van der Waals surface area (Å²) in [6.45, 7) is -0.540. The van der Waals surface area contributed by atoms with Crippen LogP contribution in [0.4, 0.5) is 14.9 Å². The number of benzene rings is 2. The number of aliphatic hydroxyl groups is 1. The molecule has 0 bridgehead atoms. The molecule has 10 nitrogen and oxygen atoms in total. The van der Waals surface area contributed by atoms with Gasteiger partial charge in [-0.15, -0.1) is 0 Å². The predicted molar refractivity (Wildman–Crippen MR) is 119 cm³/mol. The van der Waals surface area contributed by atoms with Gasteiger partial charge in [0.05, 0.1) is 12.3 Å². The molecule has 3 rings (SSSR count). The minimum atomic E-state index is -3.95. The van der Waals surface area contributed by atoms with E-state index in [0.29, 0.717) is 5.39 Å². The molecule has 0 aliphatic carbocycles. The topological polar surface area (TPSA) is 138 Å². The van der Waals surface area contributed by atoms with E-state index in [9.17, 15) is 27.5 Å². The van der Waals surface area contributed by atoms with E-state index in [1.807, 2.05) is 4.72 Å². The fraction of sp³-hybridized carbons (Fsp3) is 0.238. The van der Waals surface area contributed by atoms with Gasteiger partial charge in [-0.05, 0) is 29.3 Å². The van der Waals surface area contributed by atoms with E-state index < -0.39 is 34.4 Å². The third-order valence-corrected chi connectivity index (χ3v) is 5.81. The number of halogens is 1. The minimum Gasteiger partial charge on any atom is -0.422 e. The lowest BCUT2D eigenvalue weighted by molar-refractivity contribution is 0.172. The SMILES string of the molecule is CNS(=O)(=O)Nc1cccc(Cc2c(CO)c3ccc(OC(=O)N(C)C)cc3oc2=O)c1F. The van der Waals surface area contributed by atoms with Crippen molar-refractivity contribution >= 4 is 33.0 Å². The summed E-state index contributed by atoms with van der Waals surface area (Å²) in [7, 11) is 0.242. The Bertz CT molecular complexity index is 1370. The van der Waals surface area contributed by atoms with Gasteiger partial charge in [0, 0.05) is 44.6 Å². The predicted octanol–water partition coefficient (Wildman–Crippen LogP) is 1.95. The van der Waals surface area contributed by atoms with E-state index >= 15 is 0 Å². The Morgan fingerprint density at radius 3 is 2.58 bits per heavy atom. The second-order valence-electron chi connectivity index (χ2n) is 7.19. The van der Waals surface area contributed by atoms with Crippen LogP contribution < -0.4 is 19.8 Å². The van der Waals surface area contributed by atoms with Crippen LogP contribution in [0.2, 0.25) is 0 Å². The second kappa shape index (κ2) is 9.57. The van der Waals surface area contributed by atoms with Crippen molar-refractivity contribution in [1.82, 2.24) is 9.62 Å². The average Bonchev–Trinajstić information content (AvgIpc) is 2.76. The number of nitrogens with zero attached hydrogens (tertiary/aromatic N) is 1.